The summed E-state index contributed by atoms with van der Waals surface area (Å²) < 4.78 is 0. The van der Waals surface area contributed by atoms with Crippen LogP contribution in [0.15, 0.2) is 103 Å². The van der Waals surface area contributed by atoms with Crippen molar-refractivity contribution in [3.05, 3.63) is 109 Å². The van der Waals surface area contributed by atoms with Crippen LogP contribution in [0, 0.1) is 0 Å². The molecule has 1 fully saturated rings. The molecule has 38 heavy (non-hydrogen) atoms. The summed E-state index contributed by atoms with van der Waals surface area (Å²) in [7, 11) is 4.10. The fourth-order valence-corrected chi connectivity index (χ4v) is 4.28. The number of anilines is 3. The van der Waals surface area contributed by atoms with Crippen molar-refractivity contribution in [2.45, 2.75) is 0 Å². The first-order valence-corrected chi connectivity index (χ1v) is 12.6. The van der Waals surface area contributed by atoms with Crippen molar-refractivity contribution in [3.8, 4) is 11.1 Å². The summed E-state index contributed by atoms with van der Waals surface area (Å²) in [5.41, 5.74) is 5.83. The zero-order valence-electron chi connectivity index (χ0n) is 21.8. The van der Waals surface area contributed by atoms with Gasteiger partial charge in [0.25, 0.3) is 5.91 Å². The number of pyridine rings is 1. The highest BCUT2D eigenvalue weighted by Crippen LogP contribution is 2.27. The number of aromatic nitrogens is 1. The third kappa shape index (κ3) is 6.83. The minimum absolute atomic E-state index is 0.121. The molecule has 0 spiro atoms. The van der Waals surface area contributed by atoms with E-state index in [9.17, 15) is 9.59 Å². The lowest BCUT2D eigenvalue weighted by molar-refractivity contribution is -0.105. The third-order valence-electron chi connectivity index (χ3n) is 6.57. The summed E-state index contributed by atoms with van der Waals surface area (Å²) in [5.74, 6) is 0.121. The van der Waals surface area contributed by atoms with Crippen LogP contribution in [0.4, 0.5) is 17.1 Å². The topological polar surface area (TPSA) is 68.8 Å². The van der Waals surface area contributed by atoms with Gasteiger partial charge in [0.2, 0.25) is 6.41 Å². The Kier molecular flexibility index (Phi) is 9.21. The standard InChI is InChI=1S/C18H22N4O.C13H11NO/c1-20-11-13-22(14-12-20)18(23)15-3-5-16(6-4-15)21(2)17-7-9-19-10-8-17;15-10-14-13-9-5-4-8-12(13)11-6-2-1-3-7-11/h3-10H,11-14H2,1-2H3;1-10H,(H,14,15). The van der Waals surface area contributed by atoms with Crippen LogP contribution in [0.25, 0.3) is 11.1 Å². The van der Waals surface area contributed by atoms with Crippen molar-refractivity contribution < 1.29 is 9.59 Å². The molecule has 4 aromatic rings. The molecular formula is C31H33N5O2. The van der Waals surface area contributed by atoms with Crippen molar-refractivity contribution in [1.29, 1.82) is 0 Å². The molecule has 3 aromatic carbocycles. The van der Waals surface area contributed by atoms with Gasteiger partial charge >= 0.3 is 0 Å². The number of nitrogens with one attached hydrogen (secondary N) is 1. The molecule has 5 rings (SSSR count). The second kappa shape index (κ2) is 13.2. The minimum Gasteiger partial charge on any atom is -0.345 e. The van der Waals surface area contributed by atoms with Crippen LogP contribution in [0.2, 0.25) is 0 Å². The van der Waals surface area contributed by atoms with E-state index in [-0.39, 0.29) is 5.91 Å². The van der Waals surface area contributed by atoms with Crippen LogP contribution in [0.1, 0.15) is 10.4 Å². The summed E-state index contributed by atoms with van der Waals surface area (Å²) in [6.45, 7) is 3.48. The van der Waals surface area contributed by atoms with Crippen LogP contribution < -0.4 is 10.2 Å². The molecule has 194 valence electrons. The van der Waals surface area contributed by atoms with Gasteiger partial charge in [-0.25, -0.2) is 0 Å². The summed E-state index contributed by atoms with van der Waals surface area (Å²) in [6, 6.07) is 29.4. The predicted octanol–water partition coefficient (Wildman–Crippen LogP) is 5.16. The number of nitrogens with zero attached hydrogens (tertiary/aromatic N) is 4. The number of para-hydroxylation sites is 1. The number of carbonyl (C=O) groups excluding carboxylic acids is 2. The smallest absolute Gasteiger partial charge is 0.253 e. The van der Waals surface area contributed by atoms with Crippen LogP contribution in [0.5, 0.6) is 0 Å². The summed E-state index contributed by atoms with van der Waals surface area (Å²) in [5, 5.41) is 2.69. The highest BCUT2D eigenvalue weighted by Gasteiger charge is 2.20. The number of carbonyl (C=O) groups is 2. The molecule has 0 radical (unpaired) electrons. The van der Waals surface area contributed by atoms with Gasteiger partial charge in [-0.2, -0.15) is 0 Å². The van der Waals surface area contributed by atoms with E-state index in [4.69, 9.17) is 0 Å². The van der Waals surface area contributed by atoms with Gasteiger partial charge in [-0.1, -0.05) is 48.5 Å². The second-order valence-electron chi connectivity index (χ2n) is 9.08. The van der Waals surface area contributed by atoms with Crippen LogP contribution in [-0.4, -0.2) is 67.4 Å². The van der Waals surface area contributed by atoms with Crippen molar-refractivity contribution in [2.24, 2.45) is 0 Å². The molecule has 0 bridgehead atoms. The number of likely N-dealkylation sites (N-methyl/N-ethyl adjacent to an activating group) is 1. The quantitative estimate of drug-likeness (QED) is 0.365. The lowest BCUT2D eigenvalue weighted by Gasteiger charge is -2.32. The largest absolute Gasteiger partial charge is 0.345 e. The lowest BCUT2D eigenvalue weighted by Crippen LogP contribution is -2.47. The Balaban J connectivity index is 0.000000194. The van der Waals surface area contributed by atoms with E-state index in [2.05, 4.69) is 27.1 Å². The Bertz CT molecular complexity index is 1310. The van der Waals surface area contributed by atoms with Crippen molar-refractivity contribution in [2.75, 3.05) is 50.5 Å². The van der Waals surface area contributed by atoms with Crippen LogP contribution in [-0.2, 0) is 4.79 Å². The third-order valence-corrected chi connectivity index (χ3v) is 6.57. The fraction of sp³-hybridized carbons (Fsp3) is 0.194. The first-order chi connectivity index (χ1) is 18.6. The average Bonchev–Trinajstić information content (AvgIpc) is 2.99. The van der Waals surface area contributed by atoms with Crippen molar-refractivity contribution >= 4 is 29.4 Å². The van der Waals surface area contributed by atoms with E-state index in [1.54, 1.807) is 12.4 Å². The molecular weight excluding hydrogens is 474 g/mol. The molecule has 1 aliphatic heterocycles. The SMILES string of the molecule is CN1CCN(C(=O)c2ccc(N(C)c3ccncc3)cc2)CC1.O=CNc1ccccc1-c1ccccc1. The van der Waals surface area contributed by atoms with Crippen molar-refractivity contribution in [3.63, 3.8) is 0 Å². The molecule has 0 saturated carbocycles. The van der Waals surface area contributed by atoms with Gasteiger partial charge in [0.1, 0.15) is 0 Å². The van der Waals surface area contributed by atoms with Gasteiger partial charge < -0.3 is 20.0 Å². The number of hydrogen-bond donors (Lipinski definition) is 1. The molecule has 0 unspecified atom stereocenters. The van der Waals surface area contributed by atoms with E-state index >= 15 is 0 Å². The summed E-state index contributed by atoms with van der Waals surface area (Å²) in [6.07, 6.45) is 4.25. The van der Waals surface area contributed by atoms with Gasteiger partial charge in [-0.3, -0.25) is 14.6 Å². The van der Waals surface area contributed by atoms with Gasteiger partial charge in [0.15, 0.2) is 0 Å². The van der Waals surface area contributed by atoms with E-state index in [1.807, 2.05) is 103 Å². The second-order valence-corrected chi connectivity index (χ2v) is 9.08. The minimum atomic E-state index is 0.121. The highest BCUT2D eigenvalue weighted by molar-refractivity contribution is 5.94. The van der Waals surface area contributed by atoms with Crippen molar-refractivity contribution in [1.82, 2.24) is 14.8 Å². The van der Waals surface area contributed by atoms with Gasteiger partial charge in [-0.05, 0) is 55.1 Å². The Morgan fingerprint density at radius 2 is 1.42 bits per heavy atom. The highest BCUT2D eigenvalue weighted by atomic mass is 16.2. The molecule has 1 aromatic heterocycles. The molecule has 0 atom stereocenters. The average molecular weight is 508 g/mol. The number of amides is 2. The van der Waals surface area contributed by atoms with E-state index in [0.29, 0.717) is 6.41 Å². The van der Waals surface area contributed by atoms with E-state index < -0.39 is 0 Å². The maximum absolute atomic E-state index is 12.5. The Hall–Kier alpha value is -4.49. The Morgan fingerprint density at radius 3 is 2.08 bits per heavy atom. The normalized spacial score (nSPS) is 13.2. The first-order valence-electron chi connectivity index (χ1n) is 12.6. The number of benzene rings is 3. The maximum Gasteiger partial charge on any atom is 0.253 e. The lowest BCUT2D eigenvalue weighted by atomic mass is 10.0. The van der Waals surface area contributed by atoms with Gasteiger partial charge in [0, 0.05) is 73.8 Å². The van der Waals surface area contributed by atoms with E-state index in [0.717, 1.165) is 59.9 Å². The summed E-state index contributed by atoms with van der Waals surface area (Å²) >= 11 is 0. The molecule has 7 heteroatoms. The van der Waals surface area contributed by atoms with E-state index in [1.165, 1.54) is 0 Å². The number of piperazine rings is 1. The van der Waals surface area contributed by atoms with Crippen LogP contribution >= 0.6 is 0 Å². The molecule has 0 aliphatic carbocycles. The van der Waals surface area contributed by atoms with Gasteiger partial charge in [0.05, 0.1) is 0 Å². The Morgan fingerprint density at radius 1 is 0.816 bits per heavy atom. The van der Waals surface area contributed by atoms with Gasteiger partial charge in [-0.15, -0.1) is 0 Å². The molecule has 7 nitrogen and oxygen atoms in total. The number of hydrogen-bond acceptors (Lipinski definition) is 5. The zero-order chi connectivity index (χ0) is 26.7. The molecule has 1 N–H and O–H groups in total. The zero-order valence-corrected chi connectivity index (χ0v) is 21.8. The molecule has 2 heterocycles. The molecule has 1 saturated heterocycles. The maximum atomic E-state index is 12.5. The molecule has 2 amide bonds. The first kappa shape index (κ1) is 26.6. The fourth-order valence-electron chi connectivity index (χ4n) is 4.28. The Labute approximate surface area is 224 Å². The summed E-state index contributed by atoms with van der Waals surface area (Å²) in [4.78, 5) is 33.3. The monoisotopic (exact) mass is 507 g/mol. The van der Waals surface area contributed by atoms with Crippen LogP contribution in [0.3, 0.4) is 0 Å². The molecule has 1 aliphatic rings. The predicted molar refractivity (Wildman–Crippen MR) is 154 cm³/mol. The number of rotatable bonds is 6.